The van der Waals surface area contributed by atoms with Crippen molar-refractivity contribution in [3.05, 3.63) is 275 Å². The molecule has 4 heterocycles. The third kappa shape index (κ3) is 10.8. The number of aromatic nitrogens is 8. The zero-order valence-corrected chi connectivity index (χ0v) is 47.7. The van der Waals surface area contributed by atoms with Gasteiger partial charge in [0.1, 0.15) is 0 Å². The van der Waals surface area contributed by atoms with Crippen LogP contribution in [-0.2, 0) is 0 Å². The molecule has 8 nitrogen and oxygen atoms in total. The molecule has 0 aliphatic carbocycles. The Morgan fingerprint density at radius 3 is 0.841 bits per heavy atom. The normalized spacial score (nSPS) is 11.2. The number of halogens is 1. The molecule has 0 bridgehead atoms. The van der Waals surface area contributed by atoms with Gasteiger partial charge in [-0.25, -0.2) is 19.9 Å². The highest BCUT2D eigenvalue weighted by Crippen LogP contribution is 2.37. The second-order valence-electron chi connectivity index (χ2n) is 21.1. The van der Waals surface area contributed by atoms with Crippen molar-refractivity contribution >= 4 is 55.2 Å². The first kappa shape index (κ1) is 52.8. The van der Waals surface area contributed by atoms with Crippen LogP contribution in [0.3, 0.4) is 0 Å². The summed E-state index contributed by atoms with van der Waals surface area (Å²) in [5.41, 5.74) is 21.0. The van der Waals surface area contributed by atoms with Gasteiger partial charge in [0, 0.05) is 60.7 Å². The zero-order chi connectivity index (χ0) is 56.4. The van der Waals surface area contributed by atoms with Crippen LogP contribution < -0.4 is 0 Å². The Kier molecular flexibility index (Phi) is 14.6. The number of aryl methyl sites for hydroxylation is 7. The minimum atomic E-state index is 0.202. The zero-order valence-electron chi connectivity index (χ0n) is 46.9. The lowest BCUT2D eigenvalue weighted by atomic mass is 10.1. The molecule has 0 saturated carbocycles. The molecular weight excluding hydrogens is 1020 g/mol. The van der Waals surface area contributed by atoms with Crippen molar-refractivity contribution in [2.45, 2.75) is 48.5 Å². The van der Waals surface area contributed by atoms with Crippen LogP contribution in [0.4, 0.5) is 0 Å². The summed E-state index contributed by atoms with van der Waals surface area (Å²) in [6.07, 6.45) is 0. The van der Waals surface area contributed by atoms with E-state index in [1.807, 2.05) is 121 Å². The molecule has 0 spiro atoms. The molecule has 14 aromatic rings. The number of hydrogen-bond acceptors (Lipinski definition) is 6. The molecule has 0 saturated heterocycles. The maximum atomic E-state index is 5.99. The van der Waals surface area contributed by atoms with E-state index in [2.05, 4.69) is 182 Å². The largest absolute Gasteiger partial charge is 0.309 e. The molecule has 10 aromatic carbocycles. The quantitative estimate of drug-likeness (QED) is 0.158. The van der Waals surface area contributed by atoms with E-state index in [1.54, 1.807) is 0 Å². The van der Waals surface area contributed by atoms with Crippen molar-refractivity contribution in [2.75, 3.05) is 0 Å². The van der Waals surface area contributed by atoms with Gasteiger partial charge in [0.15, 0.2) is 29.1 Å². The van der Waals surface area contributed by atoms with Gasteiger partial charge in [-0.15, -0.1) is 0 Å². The highest BCUT2D eigenvalue weighted by atomic mass is 35.5. The van der Waals surface area contributed by atoms with E-state index >= 15 is 0 Å². The fraction of sp³-hybridized carbons (Fsp3) is 0.0959. The molecule has 82 heavy (non-hydrogen) atoms. The van der Waals surface area contributed by atoms with E-state index in [4.69, 9.17) is 26.6 Å². The van der Waals surface area contributed by atoms with Crippen molar-refractivity contribution in [2.24, 2.45) is 0 Å². The van der Waals surface area contributed by atoms with Gasteiger partial charge in [-0.2, -0.15) is 9.97 Å². The van der Waals surface area contributed by atoms with Gasteiger partial charge < -0.3 is 9.13 Å². The Morgan fingerprint density at radius 2 is 0.524 bits per heavy atom. The fourth-order valence-electron chi connectivity index (χ4n) is 10.8. The third-order valence-electron chi connectivity index (χ3n) is 14.8. The Hall–Kier alpha value is -9.89. The van der Waals surface area contributed by atoms with E-state index in [9.17, 15) is 0 Å². The van der Waals surface area contributed by atoms with Gasteiger partial charge in [-0.05, 0) is 144 Å². The van der Waals surface area contributed by atoms with E-state index in [0.717, 1.165) is 39.1 Å². The van der Waals surface area contributed by atoms with Crippen molar-refractivity contribution < 1.29 is 0 Å². The topological polar surface area (TPSA) is 87.2 Å². The molecule has 0 atom stereocenters. The Bertz CT molecular complexity index is 4410. The second kappa shape index (κ2) is 22.7. The van der Waals surface area contributed by atoms with Crippen molar-refractivity contribution in [3.63, 3.8) is 0 Å². The summed E-state index contributed by atoms with van der Waals surface area (Å²) in [4.78, 5) is 27.5. The molecule has 0 N–H and O–H groups in total. The van der Waals surface area contributed by atoms with Crippen molar-refractivity contribution in [1.29, 1.82) is 0 Å². The van der Waals surface area contributed by atoms with Crippen LogP contribution in [0.25, 0.3) is 112 Å². The molecular formula is C73H59ClN8. The minimum Gasteiger partial charge on any atom is -0.309 e. The van der Waals surface area contributed by atoms with Gasteiger partial charge >= 0.3 is 0 Å². The lowest BCUT2D eigenvalue weighted by Gasteiger charge is -2.13. The maximum absolute atomic E-state index is 5.99. The predicted octanol–water partition coefficient (Wildman–Crippen LogP) is 18.8. The summed E-state index contributed by atoms with van der Waals surface area (Å²) < 4.78 is 4.78. The fourth-order valence-corrected chi connectivity index (χ4v) is 11.0. The van der Waals surface area contributed by atoms with Gasteiger partial charge in [-0.1, -0.05) is 186 Å². The van der Waals surface area contributed by atoms with Crippen LogP contribution in [0.15, 0.2) is 231 Å². The molecule has 0 amide bonds. The molecule has 0 unspecified atom stereocenters. The monoisotopic (exact) mass is 1080 g/mol. The van der Waals surface area contributed by atoms with Crippen LogP contribution >= 0.6 is 11.6 Å². The van der Waals surface area contributed by atoms with Crippen molar-refractivity contribution in [3.8, 4) is 68.3 Å². The SMILES string of the molecule is Cc1ccc(-n2c3ccc(C)cc3c3cc(C)ccc32)c(C)c1.Cc1ccc2c(c1)c1cc(C)ccc1n2-c1ccc(-c2nc(-c3ccccc3)nc(-c3ccccc3)n2)cc1C.Clc1nc(-c2ccccc2)nc(-c2ccccc2)n1. The summed E-state index contributed by atoms with van der Waals surface area (Å²) in [5.74, 6) is 3.16. The summed E-state index contributed by atoms with van der Waals surface area (Å²) in [6.45, 7) is 15.1. The van der Waals surface area contributed by atoms with E-state index < -0.39 is 0 Å². The molecule has 0 aliphatic rings. The average Bonchev–Trinajstić information content (AvgIpc) is 4.13. The summed E-state index contributed by atoms with van der Waals surface area (Å²) in [5, 5.41) is 5.43. The minimum absolute atomic E-state index is 0.202. The lowest BCUT2D eigenvalue weighted by molar-refractivity contribution is 1.07. The van der Waals surface area contributed by atoms with Gasteiger partial charge in [-0.3, -0.25) is 0 Å². The van der Waals surface area contributed by atoms with Crippen molar-refractivity contribution in [1.82, 2.24) is 39.0 Å². The smallest absolute Gasteiger partial charge is 0.226 e. The molecule has 14 rings (SSSR count). The molecule has 9 heteroatoms. The molecule has 4 aromatic heterocycles. The number of nitrogens with zero attached hydrogens (tertiary/aromatic N) is 8. The lowest BCUT2D eigenvalue weighted by Crippen LogP contribution is -2.01. The average molecular weight is 1080 g/mol. The molecule has 398 valence electrons. The predicted molar refractivity (Wildman–Crippen MR) is 340 cm³/mol. The van der Waals surface area contributed by atoms with Gasteiger partial charge in [0.05, 0.1) is 22.1 Å². The first-order chi connectivity index (χ1) is 39.9. The van der Waals surface area contributed by atoms with Crippen LogP contribution in [0.5, 0.6) is 0 Å². The highest BCUT2D eigenvalue weighted by Gasteiger charge is 2.18. The summed E-state index contributed by atoms with van der Waals surface area (Å²) in [7, 11) is 0. The standard InChI is InChI=1S/C36H28N4.C22H21N.C15H10ClN3/c1-23-14-17-32-29(20-23)30-21-24(2)15-18-33(30)40(32)31-19-16-28(22-25(31)3)36-38-34(26-10-6-4-7-11-26)37-35(39-36)27-12-8-5-9-13-27;1-14-5-8-20(17(4)11-14)23-21-9-6-15(2)12-18(21)19-13-16(3)7-10-22(19)23;16-15-18-13(11-7-3-1-4-8-11)17-14(19-15)12-9-5-2-6-10-12/h4-22H,1-3H3;5-13H,1-4H3;1-10H. The van der Waals surface area contributed by atoms with E-state index in [1.165, 1.54) is 82.7 Å². The Labute approximate surface area is 483 Å². The highest BCUT2D eigenvalue weighted by molar-refractivity contribution is 6.28. The Morgan fingerprint density at radius 1 is 0.256 bits per heavy atom. The Balaban J connectivity index is 0.000000134. The number of hydrogen-bond donors (Lipinski definition) is 0. The van der Waals surface area contributed by atoms with Crippen LogP contribution in [0, 0.1) is 48.5 Å². The number of rotatable bonds is 7. The first-order valence-electron chi connectivity index (χ1n) is 27.5. The molecule has 0 fully saturated rings. The number of benzene rings is 10. The number of fused-ring (bicyclic) bond motifs is 6. The second-order valence-corrected chi connectivity index (χ2v) is 21.4. The molecule has 0 aliphatic heterocycles. The van der Waals surface area contributed by atoms with E-state index in [-0.39, 0.29) is 5.28 Å². The van der Waals surface area contributed by atoms with Crippen LogP contribution in [0.1, 0.15) is 38.9 Å². The van der Waals surface area contributed by atoms with Crippen LogP contribution in [0.2, 0.25) is 5.28 Å². The molecule has 0 radical (unpaired) electrons. The third-order valence-corrected chi connectivity index (χ3v) is 15.0. The first-order valence-corrected chi connectivity index (χ1v) is 27.9. The summed E-state index contributed by atoms with van der Waals surface area (Å²) >= 11 is 5.99. The van der Waals surface area contributed by atoms with E-state index in [0.29, 0.717) is 29.1 Å². The maximum Gasteiger partial charge on any atom is 0.226 e. The van der Waals surface area contributed by atoms with Gasteiger partial charge in [0.25, 0.3) is 0 Å². The van der Waals surface area contributed by atoms with Gasteiger partial charge in [0.2, 0.25) is 5.28 Å². The summed E-state index contributed by atoms with van der Waals surface area (Å²) in [6, 6.07) is 79.8. The van der Waals surface area contributed by atoms with Crippen LogP contribution in [-0.4, -0.2) is 39.0 Å².